The van der Waals surface area contributed by atoms with Crippen molar-refractivity contribution in [1.29, 1.82) is 5.26 Å². The van der Waals surface area contributed by atoms with Crippen molar-refractivity contribution in [2.24, 2.45) is 11.8 Å². The highest BCUT2D eigenvalue weighted by Gasteiger charge is 2.34. The van der Waals surface area contributed by atoms with Gasteiger partial charge in [-0.05, 0) is 25.7 Å². The quantitative estimate of drug-likeness (QED) is 0.665. The molecule has 1 fully saturated rings. The first-order valence-electron chi connectivity index (χ1n) is 9.55. The van der Waals surface area contributed by atoms with E-state index < -0.39 is 5.54 Å². The van der Waals surface area contributed by atoms with Gasteiger partial charge in [0.1, 0.15) is 5.54 Å². The second-order valence-electron chi connectivity index (χ2n) is 8.14. The van der Waals surface area contributed by atoms with Crippen LogP contribution in [0.2, 0.25) is 0 Å². The SMILES string of the molecule is CC(C)CNC(=O)CN1CCN(C(C)C(=O)NC(C)(C#N)C(C)C)CC1. The van der Waals surface area contributed by atoms with Crippen molar-refractivity contribution in [3.05, 3.63) is 0 Å². The average Bonchev–Trinajstić information content (AvgIpc) is 2.59. The third-order valence-electron chi connectivity index (χ3n) is 5.18. The Labute approximate surface area is 158 Å². The molecule has 2 atom stereocenters. The summed E-state index contributed by atoms with van der Waals surface area (Å²) in [6.45, 7) is 15.7. The van der Waals surface area contributed by atoms with Gasteiger partial charge in [-0.1, -0.05) is 27.7 Å². The molecule has 26 heavy (non-hydrogen) atoms. The summed E-state index contributed by atoms with van der Waals surface area (Å²) in [5, 5.41) is 15.2. The number of nitrogens with one attached hydrogen (secondary N) is 2. The van der Waals surface area contributed by atoms with Crippen LogP contribution in [0, 0.1) is 23.2 Å². The molecule has 7 nitrogen and oxygen atoms in total. The fourth-order valence-corrected chi connectivity index (χ4v) is 2.71. The zero-order valence-electron chi connectivity index (χ0n) is 17.1. The Morgan fingerprint density at radius 3 is 2.15 bits per heavy atom. The summed E-state index contributed by atoms with van der Waals surface area (Å²) < 4.78 is 0. The van der Waals surface area contributed by atoms with Gasteiger partial charge >= 0.3 is 0 Å². The van der Waals surface area contributed by atoms with Gasteiger partial charge in [0.15, 0.2) is 0 Å². The van der Waals surface area contributed by atoms with E-state index in [2.05, 4.69) is 40.4 Å². The number of carbonyl (C=O) groups is 2. The van der Waals surface area contributed by atoms with Crippen LogP contribution < -0.4 is 10.6 Å². The molecule has 1 aliphatic rings. The van der Waals surface area contributed by atoms with E-state index in [0.717, 1.165) is 26.2 Å². The largest absolute Gasteiger partial charge is 0.355 e. The van der Waals surface area contributed by atoms with Crippen molar-refractivity contribution < 1.29 is 9.59 Å². The minimum Gasteiger partial charge on any atom is -0.355 e. The van der Waals surface area contributed by atoms with Crippen LogP contribution in [0.3, 0.4) is 0 Å². The number of nitrogens with zero attached hydrogens (tertiary/aromatic N) is 3. The Morgan fingerprint density at radius 1 is 1.12 bits per heavy atom. The van der Waals surface area contributed by atoms with Gasteiger partial charge in [0.05, 0.1) is 18.7 Å². The summed E-state index contributed by atoms with van der Waals surface area (Å²) in [6, 6.07) is 1.92. The molecule has 148 valence electrons. The van der Waals surface area contributed by atoms with Crippen molar-refractivity contribution in [1.82, 2.24) is 20.4 Å². The molecular weight excluding hydrogens is 330 g/mol. The van der Waals surface area contributed by atoms with Crippen LogP contribution in [-0.4, -0.2) is 72.5 Å². The molecule has 0 spiro atoms. The van der Waals surface area contributed by atoms with Crippen molar-refractivity contribution >= 4 is 11.8 Å². The van der Waals surface area contributed by atoms with E-state index in [1.807, 2.05) is 20.8 Å². The molecule has 0 bridgehead atoms. The van der Waals surface area contributed by atoms with Crippen LogP contribution in [0.15, 0.2) is 0 Å². The molecule has 0 aromatic heterocycles. The number of rotatable bonds is 8. The van der Waals surface area contributed by atoms with E-state index in [9.17, 15) is 14.9 Å². The second-order valence-corrected chi connectivity index (χ2v) is 8.14. The molecule has 1 rings (SSSR count). The molecule has 1 aliphatic heterocycles. The summed E-state index contributed by atoms with van der Waals surface area (Å²) in [5.41, 5.74) is -0.859. The normalized spacial score (nSPS) is 19.7. The maximum absolute atomic E-state index is 12.5. The summed E-state index contributed by atoms with van der Waals surface area (Å²) in [6.07, 6.45) is 0. The number of hydrogen-bond donors (Lipinski definition) is 2. The molecule has 0 aromatic rings. The van der Waals surface area contributed by atoms with Gasteiger partial charge in [-0.15, -0.1) is 0 Å². The molecule has 1 heterocycles. The van der Waals surface area contributed by atoms with Gasteiger partial charge < -0.3 is 10.6 Å². The van der Waals surface area contributed by atoms with Crippen molar-refractivity contribution in [3.8, 4) is 6.07 Å². The Hall–Kier alpha value is -1.65. The number of carbonyl (C=O) groups excluding carboxylic acids is 2. The lowest BCUT2D eigenvalue weighted by Crippen LogP contribution is -2.58. The molecule has 1 saturated heterocycles. The fourth-order valence-electron chi connectivity index (χ4n) is 2.71. The topological polar surface area (TPSA) is 88.5 Å². The van der Waals surface area contributed by atoms with E-state index in [1.54, 1.807) is 6.92 Å². The molecule has 2 unspecified atom stereocenters. The molecule has 2 N–H and O–H groups in total. The van der Waals surface area contributed by atoms with Crippen LogP contribution in [-0.2, 0) is 9.59 Å². The minimum atomic E-state index is -0.859. The molecule has 7 heteroatoms. The Bertz CT molecular complexity index is 521. The number of amides is 2. The van der Waals surface area contributed by atoms with Crippen molar-refractivity contribution in [2.75, 3.05) is 39.3 Å². The van der Waals surface area contributed by atoms with Crippen LogP contribution in [0.1, 0.15) is 41.5 Å². The highest BCUT2D eigenvalue weighted by Crippen LogP contribution is 2.16. The van der Waals surface area contributed by atoms with Crippen LogP contribution >= 0.6 is 0 Å². The number of hydrogen-bond acceptors (Lipinski definition) is 5. The highest BCUT2D eigenvalue weighted by atomic mass is 16.2. The zero-order chi connectivity index (χ0) is 19.9. The summed E-state index contributed by atoms with van der Waals surface area (Å²) >= 11 is 0. The predicted molar refractivity (Wildman–Crippen MR) is 102 cm³/mol. The first-order chi connectivity index (χ1) is 12.1. The first-order valence-corrected chi connectivity index (χ1v) is 9.55. The molecule has 0 radical (unpaired) electrons. The molecular formula is C19H35N5O2. The van der Waals surface area contributed by atoms with Crippen LogP contribution in [0.4, 0.5) is 0 Å². The lowest BCUT2D eigenvalue weighted by molar-refractivity contribution is -0.129. The summed E-state index contributed by atoms with van der Waals surface area (Å²) in [4.78, 5) is 28.7. The van der Waals surface area contributed by atoms with Gasteiger partial charge in [0.2, 0.25) is 11.8 Å². The lowest BCUT2D eigenvalue weighted by Gasteiger charge is -2.38. The first kappa shape index (κ1) is 22.4. The third-order valence-corrected chi connectivity index (χ3v) is 5.18. The highest BCUT2D eigenvalue weighted by molar-refractivity contribution is 5.82. The molecule has 0 saturated carbocycles. The van der Waals surface area contributed by atoms with Crippen LogP contribution in [0.25, 0.3) is 0 Å². The summed E-state index contributed by atoms with van der Waals surface area (Å²) in [7, 11) is 0. The van der Waals surface area contributed by atoms with Crippen LogP contribution in [0.5, 0.6) is 0 Å². The maximum Gasteiger partial charge on any atom is 0.238 e. The minimum absolute atomic E-state index is 0.0323. The van der Waals surface area contributed by atoms with E-state index in [-0.39, 0.29) is 23.8 Å². The maximum atomic E-state index is 12.5. The predicted octanol–water partition coefficient (Wildman–Crippen LogP) is 0.819. The Kier molecular flexibility index (Phi) is 8.51. The monoisotopic (exact) mass is 365 g/mol. The lowest BCUT2D eigenvalue weighted by atomic mass is 9.89. The molecule has 0 aromatic carbocycles. The molecule has 0 aliphatic carbocycles. The molecule has 2 amide bonds. The van der Waals surface area contributed by atoms with Crippen molar-refractivity contribution in [2.45, 2.75) is 53.1 Å². The third kappa shape index (κ3) is 6.58. The summed E-state index contributed by atoms with van der Waals surface area (Å²) in [5.74, 6) is 0.412. The zero-order valence-corrected chi connectivity index (χ0v) is 17.1. The van der Waals surface area contributed by atoms with Crippen molar-refractivity contribution in [3.63, 3.8) is 0 Å². The van der Waals surface area contributed by atoms with Gasteiger partial charge in [0, 0.05) is 32.7 Å². The number of nitriles is 1. The van der Waals surface area contributed by atoms with E-state index in [0.29, 0.717) is 19.0 Å². The fraction of sp³-hybridized carbons (Fsp3) is 0.842. The average molecular weight is 366 g/mol. The van der Waals surface area contributed by atoms with E-state index >= 15 is 0 Å². The number of piperazine rings is 1. The van der Waals surface area contributed by atoms with Gasteiger partial charge in [-0.25, -0.2) is 0 Å². The second kappa shape index (κ2) is 9.89. The smallest absolute Gasteiger partial charge is 0.238 e. The van der Waals surface area contributed by atoms with E-state index in [4.69, 9.17) is 0 Å². The van der Waals surface area contributed by atoms with E-state index in [1.165, 1.54) is 0 Å². The Balaban J connectivity index is 2.46. The standard InChI is InChI=1S/C19H35N5O2/c1-14(2)11-21-17(25)12-23-7-9-24(10-8-23)16(5)18(26)22-19(6,13-20)15(3)4/h14-16H,7-12H2,1-6H3,(H,21,25)(H,22,26). The van der Waals surface area contributed by atoms with Gasteiger partial charge in [-0.2, -0.15) is 5.26 Å². The Morgan fingerprint density at radius 2 is 1.69 bits per heavy atom. The van der Waals surface area contributed by atoms with Gasteiger partial charge in [-0.3, -0.25) is 19.4 Å². The van der Waals surface area contributed by atoms with Gasteiger partial charge in [0.25, 0.3) is 0 Å².